The molecule has 0 spiro atoms. The number of amides is 1. The van der Waals surface area contributed by atoms with Gasteiger partial charge in [-0.25, -0.2) is 5.48 Å². The number of hydroxylamine groups is 1. The van der Waals surface area contributed by atoms with Gasteiger partial charge in [-0.3, -0.25) is 19.7 Å². The number of ether oxygens (including phenoxy) is 1. The van der Waals surface area contributed by atoms with Crippen LogP contribution in [-0.4, -0.2) is 23.5 Å². The summed E-state index contributed by atoms with van der Waals surface area (Å²) in [4.78, 5) is 26.8. The van der Waals surface area contributed by atoms with Crippen LogP contribution in [0.25, 0.3) is 0 Å². The second kappa shape index (κ2) is 6.85. The molecule has 0 unspecified atom stereocenters. The van der Waals surface area contributed by atoms with Gasteiger partial charge >= 0.3 is 0 Å². The highest BCUT2D eigenvalue weighted by Crippen LogP contribution is 2.20. The molecule has 1 N–H and O–H groups in total. The standard InChI is InChI=1S/C13H16N2O5/c16-13(14-20-11-5-1-2-6-11)9-19-12-7-3-4-10(8-12)15(17)18/h3-4,7-8,11H,1-2,5-6,9H2,(H,14,16). The Morgan fingerprint density at radius 3 is 2.85 bits per heavy atom. The minimum Gasteiger partial charge on any atom is -0.483 e. The van der Waals surface area contributed by atoms with Gasteiger partial charge in [0.05, 0.1) is 17.1 Å². The van der Waals surface area contributed by atoms with E-state index in [0.717, 1.165) is 25.7 Å². The van der Waals surface area contributed by atoms with Gasteiger partial charge in [0, 0.05) is 6.07 Å². The van der Waals surface area contributed by atoms with E-state index in [1.807, 2.05) is 0 Å². The molecule has 0 heterocycles. The van der Waals surface area contributed by atoms with Gasteiger partial charge in [-0.15, -0.1) is 0 Å². The van der Waals surface area contributed by atoms with E-state index >= 15 is 0 Å². The van der Waals surface area contributed by atoms with Gasteiger partial charge in [-0.2, -0.15) is 0 Å². The molecule has 2 rings (SSSR count). The predicted octanol–water partition coefficient (Wildman–Crippen LogP) is 1.96. The second-order valence-electron chi connectivity index (χ2n) is 4.59. The molecule has 0 bridgehead atoms. The third-order valence-corrected chi connectivity index (χ3v) is 3.04. The molecular weight excluding hydrogens is 264 g/mol. The quantitative estimate of drug-likeness (QED) is 0.635. The Balaban J connectivity index is 1.75. The number of nitro benzene ring substituents is 1. The molecule has 1 aliphatic rings. The van der Waals surface area contributed by atoms with Gasteiger partial charge in [0.25, 0.3) is 11.6 Å². The van der Waals surface area contributed by atoms with Crippen molar-refractivity contribution in [2.24, 2.45) is 0 Å². The van der Waals surface area contributed by atoms with Crippen LogP contribution in [0.4, 0.5) is 5.69 Å². The van der Waals surface area contributed by atoms with Crippen LogP contribution in [0.15, 0.2) is 24.3 Å². The predicted molar refractivity (Wildman–Crippen MR) is 70.1 cm³/mol. The Bertz CT molecular complexity index is 485. The number of rotatable bonds is 6. The van der Waals surface area contributed by atoms with E-state index in [1.54, 1.807) is 6.07 Å². The lowest BCUT2D eigenvalue weighted by atomic mass is 10.3. The highest BCUT2D eigenvalue weighted by molar-refractivity contribution is 5.76. The summed E-state index contributed by atoms with van der Waals surface area (Å²) < 4.78 is 5.18. The van der Waals surface area contributed by atoms with Crippen LogP contribution in [0.3, 0.4) is 0 Å². The van der Waals surface area contributed by atoms with Crippen molar-refractivity contribution in [2.75, 3.05) is 6.61 Å². The molecule has 1 saturated carbocycles. The monoisotopic (exact) mass is 280 g/mol. The fourth-order valence-electron chi connectivity index (χ4n) is 2.02. The molecule has 0 saturated heterocycles. The summed E-state index contributed by atoms with van der Waals surface area (Å²) in [6.07, 6.45) is 4.21. The fourth-order valence-corrected chi connectivity index (χ4v) is 2.02. The molecule has 20 heavy (non-hydrogen) atoms. The van der Waals surface area contributed by atoms with E-state index in [2.05, 4.69) is 5.48 Å². The first-order valence-corrected chi connectivity index (χ1v) is 6.47. The zero-order chi connectivity index (χ0) is 14.4. The van der Waals surface area contributed by atoms with Crippen molar-refractivity contribution in [2.45, 2.75) is 31.8 Å². The van der Waals surface area contributed by atoms with Crippen molar-refractivity contribution < 1.29 is 19.3 Å². The summed E-state index contributed by atoms with van der Waals surface area (Å²) in [6.45, 7) is -0.242. The number of carbonyl (C=O) groups is 1. The average Bonchev–Trinajstić information content (AvgIpc) is 2.96. The molecule has 1 aromatic rings. The molecule has 1 amide bonds. The summed E-state index contributed by atoms with van der Waals surface area (Å²) in [5, 5.41) is 10.6. The Hall–Kier alpha value is -2.15. The first-order chi connectivity index (χ1) is 9.65. The summed E-state index contributed by atoms with van der Waals surface area (Å²) in [5.41, 5.74) is 2.26. The maximum absolute atomic E-state index is 11.5. The average molecular weight is 280 g/mol. The normalized spacial score (nSPS) is 15.0. The minimum atomic E-state index is -0.518. The van der Waals surface area contributed by atoms with Crippen LogP contribution in [-0.2, 0) is 9.63 Å². The van der Waals surface area contributed by atoms with Gasteiger partial charge in [0.2, 0.25) is 0 Å². The van der Waals surface area contributed by atoms with Crippen LogP contribution in [0.2, 0.25) is 0 Å². The molecule has 108 valence electrons. The number of nitrogens with zero attached hydrogens (tertiary/aromatic N) is 1. The molecule has 1 fully saturated rings. The van der Waals surface area contributed by atoms with Crippen molar-refractivity contribution >= 4 is 11.6 Å². The molecule has 1 aromatic carbocycles. The molecule has 0 aliphatic heterocycles. The first kappa shape index (κ1) is 14.3. The van der Waals surface area contributed by atoms with Crippen LogP contribution in [0.5, 0.6) is 5.75 Å². The number of benzene rings is 1. The summed E-state index contributed by atoms with van der Waals surface area (Å²) in [5.74, 6) is -0.140. The smallest absolute Gasteiger partial charge is 0.281 e. The van der Waals surface area contributed by atoms with Gasteiger partial charge < -0.3 is 4.74 Å². The topological polar surface area (TPSA) is 90.7 Å². The molecule has 0 atom stereocenters. The van der Waals surface area contributed by atoms with E-state index in [0.29, 0.717) is 0 Å². The molecule has 0 aromatic heterocycles. The van der Waals surface area contributed by atoms with E-state index in [9.17, 15) is 14.9 Å². The second-order valence-corrected chi connectivity index (χ2v) is 4.59. The lowest BCUT2D eigenvalue weighted by Gasteiger charge is -2.11. The summed E-state index contributed by atoms with van der Waals surface area (Å²) >= 11 is 0. The highest BCUT2D eigenvalue weighted by atomic mass is 16.7. The van der Waals surface area contributed by atoms with Crippen molar-refractivity contribution in [3.8, 4) is 5.75 Å². The molecule has 0 radical (unpaired) electrons. The molecule has 7 heteroatoms. The van der Waals surface area contributed by atoms with Gasteiger partial charge in [-0.05, 0) is 18.9 Å². The number of non-ortho nitro benzene ring substituents is 1. The third-order valence-electron chi connectivity index (χ3n) is 3.04. The molecule has 7 nitrogen and oxygen atoms in total. The first-order valence-electron chi connectivity index (χ1n) is 6.47. The Morgan fingerprint density at radius 2 is 2.15 bits per heavy atom. The Morgan fingerprint density at radius 1 is 1.40 bits per heavy atom. The van der Waals surface area contributed by atoms with Crippen molar-refractivity contribution in [3.05, 3.63) is 34.4 Å². The summed E-state index contributed by atoms with van der Waals surface area (Å²) in [6, 6.07) is 5.68. The SMILES string of the molecule is O=C(COc1cccc([N+](=O)[O-])c1)NOC1CCCC1. The lowest BCUT2D eigenvalue weighted by Crippen LogP contribution is -2.32. The largest absolute Gasteiger partial charge is 0.483 e. The number of nitrogens with one attached hydrogen (secondary N) is 1. The fraction of sp³-hybridized carbons (Fsp3) is 0.462. The van der Waals surface area contributed by atoms with Crippen LogP contribution >= 0.6 is 0 Å². The van der Waals surface area contributed by atoms with Crippen molar-refractivity contribution in [1.82, 2.24) is 5.48 Å². The van der Waals surface area contributed by atoms with Crippen LogP contribution in [0, 0.1) is 10.1 Å². The van der Waals surface area contributed by atoms with Gasteiger partial charge in [0.15, 0.2) is 6.61 Å². The Kier molecular flexibility index (Phi) is 4.89. The number of hydrogen-bond acceptors (Lipinski definition) is 5. The van der Waals surface area contributed by atoms with Gasteiger partial charge in [0.1, 0.15) is 5.75 Å². The maximum Gasteiger partial charge on any atom is 0.281 e. The van der Waals surface area contributed by atoms with Crippen molar-refractivity contribution in [3.63, 3.8) is 0 Å². The van der Waals surface area contributed by atoms with Crippen LogP contribution in [0.1, 0.15) is 25.7 Å². The maximum atomic E-state index is 11.5. The number of nitro groups is 1. The molecular formula is C13H16N2O5. The zero-order valence-electron chi connectivity index (χ0n) is 10.9. The molecule has 1 aliphatic carbocycles. The zero-order valence-corrected chi connectivity index (χ0v) is 10.9. The van der Waals surface area contributed by atoms with E-state index in [1.165, 1.54) is 18.2 Å². The summed E-state index contributed by atoms with van der Waals surface area (Å²) in [7, 11) is 0. The minimum absolute atomic E-state index is 0.0786. The third kappa shape index (κ3) is 4.20. The lowest BCUT2D eigenvalue weighted by molar-refractivity contribution is -0.384. The number of hydrogen-bond donors (Lipinski definition) is 1. The van der Waals surface area contributed by atoms with Crippen molar-refractivity contribution in [1.29, 1.82) is 0 Å². The van der Waals surface area contributed by atoms with Gasteiger partial charge in [-0.1, -0.05) is 18.9 Å². The highest BCUT2D eigenvalue weighted by Gasteiger charge is 2.17. The van der Waals surface area contributed by atoms with E-state index in [4.69, 9.17) is 9.57 Å². The number of carbonyl (C=O) groups excluding carboxylic acids is 1. The van der Waals surface area contributed by atoms with E-state index < -0.39 is 10.8 Å². The van der Waals surface area contributed by atoms with Crippen LogP contribution < -0.4 is 10.2 Å². The van der Waals surface area contributed by atoms with E-state index in [-0.39, 0.29) is 24.1 Å². The Labute approximate surface area is 116 Å².